The Morgan fingerprint density at radius 1 is 1.26 bits per heavy atom. The summed E-state index contributed by atoms with van der Waals surface area (Å²) in [5.74, 6) is 1.14. The number of aromatic amines is 1. The van der Waals surface area contributed by atoms with E-state index in [1.54, 1.807) is 0 Å². The van der Waals surface area contributed by atoms with Crippen molar-refractivity contribution in [3.05, 3.63) is 28.7 Å². The minimum absolute atomic E-state index is 0.0666. The van der Waals surface area contributed by atoms with Crippen molar-refractivity contribution in [3.8, 4) is 11.4 Å². The van der Waals surface area contributed by atoms with Gasteiger partial charge in [0.2, 0.25) is 11.1 Å². The Kier molecular flexibility index (Phi) is 5.72. The molecule has 0 radical (unpaired) electrons. The lowest BCUT2D eigenvalue weighted by atomic mass is 9.95. The van der Waals surface area contributed by atoms with Crippen molar-refractivity contribution in [3.63, 3.8) is 0 Å². The molecule has 23 heavy (non-hydrogen) atoms. The van der Waals surface area contributed by atoms with Crippen molar-refractivity contribution >= 4 is 33.6 Å². The molecule has 0 aliphatic heterocycles. The van der Waals surface area contributed by atoms with Crippen LogP contribution in [-0.2, 0) is 4.79 Å². The van der Waals surface area contributed by atoms with Gasteiger partial charge in [-0.3, -0.25) is 9.89 Å². The molecule has 0 saturated heterocycles. The van der Waals surface area contributed by atoms with Gasteiger partial charge < -0.3 is 5.32 Å². The number of H-pyrrole nitrogens is 1. The minimum atomic E-state index is 0.0666. The molecule has 2 aromatic rings. The zero-order valence-corrected chi connectivity index (χ0v) is 15.1. The van der Waals surface area contributed by atoms with Crippen molar-refractivity contribution < 1.29 is 4.79 Å². The second-order valence-electron chi connectivity index (χ2n) is 5.66. The summed E-state index contributed by atoms with van der Waals surface area (Å²) in [6, 6.07) is 8.20. The van der Waals surface area contributed by atoms with E-state index >= 15 is 0 Å². The van der Waals surface area contributed by atoms with Crippen LogP contribution in [0.4, 0.5) is 0 Å². The molecule has 0 unspecified atom stereocenters. The first-order chi connectivity index (χ1) is 11.2. The molecule has 2 N–H and O–H groups in total. The first-order valence-corrected chi connectivity index (χ1v) is 9.59. The summed E-state index contributed by atoms with van der Waals surface area (Å²) in [7, 11) is 0. The van der Waals surface area contributed by atoms with Crippen LogP contribution >= 0.6 is 27.7 Å². The van der Waals surface area contributed by atoms with Crippen LogP contribution in [0.5, 0.6) is 0 Å². The van der Waals surface area contributed by atoms with Gasteiger partial charge in [-0.05, 0) is 25.0 Å². The third-order valence-corrected chi connectivity index (χ3v) is 5.26. The van der Waals surface area contributed by atoms with Gasteiger partial charge in [0.15, 0.2) is 5.82 Å². The average Bonchev–Trinajstić information content (AvgIpc) is 3.04. The van der Waals surface area contributed by atoms with Gasteiger partial charge >= 0.3 is 0 Å². The average molecular weight is 395 g/mol. The normalized spacial score (nSPS) is 15.5. The van der Waals surface area contributed by atoms with Crippen LogP contribution in [0, 0.1) is 0 Å². The zero-order chi connectivity index (χ0) is 16.1. The van der Waals surface area contributed by atoms with E-state index in [9.17, 15) is 4.79 Å². The predicted molar refractivity (Wildman–Crippen MR) is 95.3 cm³/mol. The van der Waals surface area contributed by atoms with E-state index in [1.807, 2.05) is 24.3 Å². The SMILES string of the molecule is O=C(CSc1n[nH]c(-c2ccc(Br)cc2)n1)NC1CCCCC1. The Hall–Kier alpha value is -1.34. The summed E-state index contributed by atoms with van der Waals surface area (Å²) >= 11 is 4.77. The second kappa shape index (κ2) is 7.97. The summed E-state index contributed by atoms with van der Waals surface area (Å²) in [4.78, 5) is 16.4. The molecule has 1 aliphatic rings. The summed E-state index contributed by atoms with van der Waals surface area (Å²) in [5.41, 5.74) is 0.971. The van der Waals surface area contributed by atoms with E-state index in [-0.39, 0.29) is 5.91 Å². The van der Waals surface area contributed by atoms with Gasteiger partial charge in [-0.25, -0.2) is 4.98 Å². The number of hydrogen-bond donors (Lipinski definition) is 2. The maximum Gasteiger partial charge on any atom is 0.230 e. The maximum atomic E-state index is 12.0. The number of aromatic nitrogens is 3. The minimum Gasteiger partial charge on any atom is -0.353 e. The quantitative estimate of drug-likeness (QED) is 0.756. The van der Waals surface area contributed by atoms with E-state index in [2.05, 4.69) is 36.4 Å². The van der Waals surface area contributed by atoms with Crippen LogP contribution in [0.3, 0.4) is 0 Å². The van der Waals surface area contributed by atoms with Gasteiger partial charge in [0.05, 0.1) is 5.75 Å². The molecule has 1 saturated carbocycles. The summed E-state index contributed by atoms with van der Waals surface area (Å²) in [5, 5.41) is 10.8. The third kappa shape index (κ3) is 4.81. The van der Waals surface area contributed by atoms with Gasteiger partial charge in [-0.1, -0.05) is 59.1 Å². The molecule has 3 rings (SSSR count). The number of carbonyl (C=O) groups is 1. The number of carbonyl (C=O) groups excluding carboxylic acids is 1. The molecule has 0 atom stereocenters. The topological polar surface area (TPSA) is 70.7 Å². The maximum absolute atomic E-state index is 12.0. The standard InChI is InChI=1S/C16H19BrN4OS/c17-12-8-6-11(7-9-12)15-19-16(21-20-15)23-10-14(22)18-13-4-2-1-3-5-13/h6-9,13H,1-5,10H2,(H,18,22)(H,19,20,21). The van der Waals surface area contributed by atoms with Crippen LogP contribution in [0.1, 0.15) is 32.1 Å². The van der Waals surface area contributed by atoms with Crippen LogP contribution in [-0.4, -0.2) is 32.9 Å². The second-order valence-corrected chi connectivity index (χ2v) is 7.52. The molecular formula is C16H19BrN4OS. The Morgan fingerprint density at radius 2 is 2.00 bits per heavy atom. The zero-order valence-electron chi connectivity index (χ0n) is 12.7. The molecule has 7 heteroatoms. The molecule has 1 aromatic carbocycles. The van der Waals surface area contributed by atoms with E-state index in [1.165, 1.54) is 31.0 Å². The highest BCUT2D eigenvalue weighted by Gasteiger charge is 2.16. The van der Waals surface area contributed by atoms with Crippen molar-refractivity contribution in [2.45, 2.75) is 43.3 Å². The van der Waals surface area contributed by atoms with Gasteiger partial charge in [-0.2, -0.15) is 0 Å². The number of nitrogens with zero attached hydrogens (tertiary/aromatic N) is 2. The molecule has 0 bridgehead atoms. The van der Waals surface area contributed by atoms with Gasteiger partial charge in [-0.15, -0.1) is 5.10 Å². The fourth-order valence-electron chi connectivity index (χ4n) is 2.69. The van der Waals surface area contributed by atoms with Crippen molar-refractivity contribution in [1.29, 1.82) is 0 Å². The van der Waals surface area contributed by atoms with E-state index in [0.29, 0.717) is 22.8 Å². The highest BCUT2D eigenvalue weighted by atomic mass is 79.9. The summed E-state index contributed by atoms with van der Waals surface area (Å²) in [6.07, 6.45) is 5.93. The van der Waals surface area contributed by atoms with Crippen LogP contribution in [0.2, 0.25) is 0 Å². The lowest BCUT2D eigenvalue weighted by Crippen LogP contribution is -2.37. The van der Waals surface area contributed by atoms with E-state index < -0.39 is 0 Å². The number of nitrogens with one attached hydrogen (secondary N) is 2. The van der Waals surface area contributed by atoms with Gasteiger partial charge in [0.1, 0.15) is 0 Å². The summed E-state index contributed by atoms with van der Waals surface area (Å²) < 4.78 is 1.02. The molecule has 1 amide bonds. The molecule has 1 aromatic heterocycles. The first kappa shape index (κ1) is 16.5. The fraction of sp³-hybridized carbons (Fsp3) is 0.438. The number of hydrogen-bond acceptors (Lipinski definition) is 4. The van der Waals surface area contributed by atoms with Gasteiger partial charge in [0.25, 0.3) is 0 Å². The Labute approximate surface area is 148 Å². The summed E-state index contributed by atoms with van der Waals surface area (Å²) in [6.45, 7) is 0. The number of thioether (sulfide) groups is 1. The molecule has 1 fully saturated rings. The number of benzene rings is 1. The molecule has 1 aliphatic carbocycles. The lowest BCUT2D eigenvalue weighted by Gasteiger charge is -2.22. The number of rotatable bonds is 5. The largest absolute Gasteiger partial charge is 0.353 e. The van der Waals surface area contributed by atoms with Crippen LogP contribution in [0.25, 0.3) is 11.4 Å². The Morgan fingerprint density at radius 3 is 2.74 bits per heavy atom. The molecule has 1 heterocycles. The number of halogens is 1. The Balaban J connectivity index is 1.50. The van der Waals surface area contributed by atoms with Crippen LogP contribution < -0.4 is 5.32 Å². The van der Waals surface area contributed by atoms with E-state index in [4.69, 9.17) is 0 Å². The van der Waals surface area contributed by atoms with Crippen molar-refractivity contribution in [1.82, 2.24) is 20.5 Å². The monoisotopic (exact) mass is 394 g/mol. The predicted octanol–water partition coefficient (Wildman–Crippen LogP) is 3.78. The molecule has 122 valence electrons. The molecule has 5 nitrogen and oxygen atoms in total. The van der Waals surface area contributed by atoms with Crippen LogP contribution in [0.15, 0.2) is 33.9 Å². The van der Waals surface area contributed by atoms with Crippen molar-refractivity contribution in [2.75, 3.05) is 5.75 Å². The first-order valence-electron chi connectivity index (χ1n) is 7.81. The smallest absolute Gasteiger partial charge is 0.230 e. The van der Waals surface area contributed by atoms with E-state index in [0.717, 1.165) is 22.9 Å². The highest BCUT2D eigenvalue weighted by molar-refractivity contribution is 9.10. The van der Waals surface area contributed by atoms with Crippen molar-refractivity contribution in [2.24, 2.45) is 0 Å². The lowest BCUT2D eigenvalue weighted by molar-refractivity contribution is -0.119. The van der Waals surface area contributed by atoms with Gasteiger partial charge in [0, 0.05) is 16.1 Å². The molecular weight excluding hydrogens is 376 g/mol. The Bertz CT molecular complexity index is 652. The highest BCUT2D eigenvalue weighted by Crippen LogP contribution is 2.21. The fourth-order valence-corrected chi connectivity index (χ4v) is 3.57. The molecule has 0 spiro atoms. The third-order valence-electron chi connectivity index (χ3n) is 3.89. The number of amides is 1.